The van der Waals surface area contributed by atoms with Crippen LogP contribution in [0.15, 0.2) is 72.8 Å². The van der Waals surface area contributed by atoms with Crippen LogP contribution in [0.4, 0.5) is 0 Å². The molecule has 0 radical (unpaired) electrons. The topological polar surface area (TPSA) is 41.5 Å². The van der Waals surface area contributed by atoms with Crippen molar-refractivity contribution in [2.45, 2.75) is 44.9 Å². The number of nitrogens with one attached hydrogen (secondary N) is 1. The fraction of sp³-hybridized carbons (Fsp3) is 0.333. The summed E-state index contributed by atoms with van der Waals surface area (Å²) in [5.41, 5.74) is 4.69. The van der Waals surface area contributed by atoms with E-state index in [0.717, 1.165) is 11.3 Å². The highest BCUT2D eigenvalue weighted by atomic mass is 16.5. The van der Waals surface area contributed by atoms with E-state index in [-0.39, 0.29) is 18.0 Å². The maximum atomic E-state index is 12.2. The van der Waals surface area contributed by atoms with Crippen molar-refractivity contribution in [2.75, 3.05) is 7.11 Å². The third kappa shape index (κ3) is 3.76. The number of aliphatic hydroxyl groups is 1. The molecule has 0 aromatic heterocycles. The van der Waals surface area contributed by atoms with Gasteiger partial charge in [-0.1, -0.05) is 84.8 Å². The zero-order chi connectivity index (χ0) is 21.3. The molecule has 0 aliphatic carbocycles. The van der Waals surface area contributed by atoms with E-state index < -0.39 is 5.60 Å². The van der Waals surface area contributed by atoms with Crippen molar-refractivity contribution >= 4 is 0 Å². The Labute approximate surface area is 179 Å². The first-order chi connectivity index (χ1) is 14.4. The molecule has 1 aliphatic rings. The Morgan fingerprint density at radius 1 is 0.867 bits per heavy atom. The summed E-state index contributed by atoms with van der Waals surface area (Å²) in [6.45, 7) is 6.33. The fourth-order valence-corrected chi connectivity index (χ4v) is 4.72. The number of aryl methyl sites for hydroxylation is 2. The zero-order valence-electron chi connectivity index (χ0n) is 18.2. The molecule has 3 heteroatoms. The molecule has 0 unspecified atom stereocenters. The van der Waals surface area contributed by atoms with Gasteiger partial charge in [0.2, 0.25) is 0 Å². The lowest BCUT2D eigenvalue weighted by molar-refractivity contribution is -0.0755. The van der Waals surface area contributed by atoms with E-state index in [1.165, 1.54) is 22.3 Å². The van der Waals surface area contributed by atoms with E-state index in [0.29, 0.717) is 6.42 Å². The first-order valence-electron chi connectivity index (χ1n) is 10.7. The molecule has 156 valence electrons. The lowest BCUT2D eigenvalue weighted by atomic mass is 9.68. The molecule has 1 fully saturated rings. The quantitative estimate of drug-likeness (QED) is 0.597. The van der Waals surface area contributed by atoms with Gasteiger partial charge in [0.1, 0.15) is 5.75 Å². The number of hydrogen-bond donors (Lipinski definition) is 2. The number of ether oxygens (including phenoxy) is 1. The van der Waals surface area contributed by atoms with Crippen molar-refractivity contribution in [1.29, 1.82) is 0 Å². The summed E-state index contributed by atoms with van der Waals surface area (Å²) in [4.78, 5) is 0. The minimum atomic E-state index is -1.02. The average Bonchev–Trinajstić information content (AvgIpc) is 2.77. The highest BCUT2D eigenvalue weighted by Crippen LogP contribution is 2.50. The van der Waals surface area contributed by atoms with Crippen molar-refractivity contribution < 1.29 is 9.84 Å². The van der Waals surface area contributed by atoms with Crippen LogP contribution in [0.5, 0.6) is 5.75 Å². The van der Waals surface area contributed by atoms with Crippen LogP contribution in [0.3, 0.4) is 0 Å². The molecule has 0 saturated carbocycles. The van der Waals surface area contributed by atoms with Gasteiger partial charge in [-0.25, -0.2) is 0 Å². The summed E-state index contributed by atoms with van der Waals surface area (Å²) >= 11 is 0. The molecule has 1 heterocycles. The molecular weight excluding hydrogens is 370 g/mol. The molecule has 2 N–H and O–H groups in total. The van der Waals surface area contributed by atoms with E-state index in [1.807, 2.05) is 24.3 Å². The Hall–Kier alpha value is -2.62. The number of methoxy groups -OCH3 is 1. The SMILES string of the molecule is COc1ccccc1[C@@]1(O)C[C@H](c2ccc(C)cc2)N[C@H](c2ccc(C)cc2)[C@@H]1C. The van der Waals surface area contributed by atoms with Gasteiger partial charge >= 0.3 is 0 Å². The van der Waals surface area contributed by atoms with Gasteiger partial charge in [-0.05, 0) is 31.0 Å². The Morgan fingerprint density at radius 3 is 2.03 bits per heavy atom. The monoisotopic (exact) mass is 401 g/mol. The van der Waals surface area contributed by atoms with Crippen molar-refractivity contribution in [3.05, 3.63) is 101 Å². The van der Waals surface area contributed by atoms with Crippen molar-refractivity contribution in [1.82, 2.24) is 5.32 Å². The van der Waals surface area contributed by atoms with E-state index in [2.05, 4.69) is 74.6 Å². The zero-order valence-corrected chi connectivity index (χ0v) is 18.2. The number of para-hydroxylation sites is 1. The van der Waals surface area contributed by atoms with Crippen molar-refractivity contribution in [2.24, 2.45) is 5.92 Å². The third-order valence-corrected chi connectivity index (χ3v) is 6.64. The summed E-state index contributed by atoms with van der Waals surface area (Å²) < 4.78 is 5.65. The second kappa shape index (κ2) is 8.25. The van der Waals surface area contributed by atoms with E-state index in [1.54, 1.807) is 7.11 Å². The van der Waals surface area contributed by atoms with Gasteiger partial charge in [0, 0.05) is 30.0 Å². The molecule has 3 nitrogen and oxygen atoms in total. The standard InChI is InChI=1S/C27H31NO2/c1-18-9-13-21(14-10-18)24-17-27(29,23-7-5-6-8-25(23)30-4)20(3)26(28-24)22-15-11-19(2)12-16-22/h5-16,20,24,26,28-29H,17H2,1-4H3/t20-,24+,26-,27+/m0/s1. The molecule has 1 saturated heterocycles. The van der Waals surface area contributed by atoms with Crippen LogP contribution >= 0.6 is 0 Å². The molecule has 4 rings (SSSR count). The number of piperidine rings is 1. The van der Waals surface area contributed by atoms with E-state index >= 15 is 0 Å². The van der Waals surface area contributed by atoms with Crippen molar-refractivity contribution in [3.63, 3.8) is 0 Å². The van der Waals surface area contributed by atoms with Crippen molar-refractivity contribution in [3.8, 4) is 5.75 Å². The Bertz CT molecular complexity index is 996. The van der Waals surface area contributed by atoms with Gasteiger partial charge in [-0.2, -0.15) is 0 Å². The second-order valence-corrected chi connectivity index (χ2v) is 8.64. The summed E-state index contributed by atoms with van der Waals surface area (Å²) in [5, 5.41) is 16.0. The molecule has 0 amide bonds. The largest absolute Gasteiger partial charge is 0.496 e. The molecule has 0 bridgehead atoms. The molecule has 3 aromatic rings. The van der Waals surface area contributed by atoms with Crippen LogP contribution in [0.2, 0.25) is 0 Å². The van der Waals surface area contributed by atoms with Crippen LogP contribution in [0.25, 0.3) is 0 Å². The molecular formula is C27H31NO2. The normalized spacial score (nSPS) is 26.4. The lowest BCUT2D eigenvalue weighted by Gasteiger charge is -2.48. The maximum absolute atomic E-state index is 12.2. The predicted molar refractivity (Wildman–Crippen MR) is 122 cm³/mol. The van der Waals surface area contributed by atoms with Crippen LogP contribution in [0.1, 0.15) is 53.2 Å². The van der Waals surface area contributed by atoms with Gasteiger partial charge < -0.3 is 15.2 Å². The Kier molecular flexibility index (Phi) is 5.68. The van der Waals surface area contributed by atoms with Gasteiger partial charge in [-0.3, -0.25) is 0 Å². The molecule has 1 aliphatic heterocycles. The van der Waals surface area contributed by atoms with Gasteiger partial charge in [0.05, 0.1) is 12.7 Å². The van der Waals surface area contributed by atoms with E-state index in [4.69, 9.17) is 4.74 Å². The van der Waals surface area contributed by atoms with Crippen LogP contribution in [-0.2, 0) is 5.60 Å². The summed E-state index contributed by atoms with van der Waals surface area (Å²) in [5.74, 6) is 0.692. The number of hydrogen-bond acceptors (Lipinski definition) is 3. The highest BCUT2D eigenvalue weighted by Gasteiger charge is 2.48. The first-order valence-corrected chi connectivity index (χ1v) is 10.7. The third-order valence-electron chi connectivity index (χ3n) is 6.64. The minimum Gasteiger partial charge on any atom is -0.496 e. The molecule has 0 spiro atoms. The maximum Gasteiger partial charge on any atom is 0.124 e. The highest BCUT2D eigenvalue weighted by molar-refractivity contribution is 5.41. The van der Waals surface area contributed by atoms with Gasteiger partial charge in [-0.15, -0.1) is 0 Å². The summed E-state index contributed by atoms with van der Waals surface area (Å²) in [7, 11) is 1.67. The van der Waals surface area contributed by atoms with Crippen LogP contribution in [0, 0.1) is 19.8 Å². The smallest absolute Gasteiger partial charge is 0.124 e. The van der Waals surface area contributed by atoms with Gasteiger partial charge in [0.25, 0.3) is 0 Å². The Balaban J connectivity index is 1.81. The summed E-state index contributed by atoms with van der Waals surface area (Å²) in [6.07, 6.45) is 0.583. The lowest BCUT2D eigenvalue weighted by Crippen LogP contribution is -2.50. The fourth-order valence-electron chi connectivity index (χ4n) is 4.72. The van der Waals surface area contributed by atoms with Crippen LogP contribution in [-0.4, -0.2) is 12.2 Å². The van der Waals surface area contributed by atoms with E-state index in [9.17, 15) is 5.11 Å². The average molecular weight is 402 g/mol. The predicted octanol–water partition coefficient (Wildman–Crippen LogP) is 5.61. The molecule has 30 heavy (non-hydrogen) atoms. The number of rotatable bonds is 4. The molecule has 4 atom stereocenters. The molecule has 3 aromatic carbocycles. The van der Waals surface area contributed by atoms with Crippen LogP contribution < -0.4 is 10.1 Å². The Morgan fingerprint density at radius 2 is 1.43 bits per heavy atom. The summed E-state index contributed by atoms with van der Waals surface area (Å²) in [6, 6.07) is 25.1. The minimum absolute atomic E-state index is 0.0144. The number of benzene rings is 3. The first kappa shape index (κ1) is 20.6. The second-order valence-electron chi connectivity index (χ2n) is 8.64. The van der Waals surface area contributed by atoms with Gasteiger partial charge in [0.15, 0.2) is 0 Å².